The molecule has 12 heavy (non-hydrogen) atoms. The van der Waals surface area contributed by atoms with Gasteiger partial charge >= 0.3 is 5.97 Å². The lowest BCUT2D eigenvalue weighted by molar-refractivity contribution is -0.134. The molecule has 0 amide bonds. The zero-order valence-corrected chi connectivity index (χ0v) is 8.18. The predicted molar refractivity (Wildman–Crippen MR) is 50.1 cm³/mol. The summed E-state index contributed by atoms with van der Waals surface area (Å²) in [5.74, 6) is -0.861. The second kappa shape index (κ2) is 4.29. The molecule has 2 heteroatoms. The lowest BCUT2D eigenvalue weighted by Crippen LogP contribution is -2.25. The topological polar surface area (TPSA) is 37.3 Å². The Balaban J connectivity index is 4.71. The van der Waals surface area contributed by atoms with Gasteiger partial charge in [0, 0.05) is 11.0 Å². The molecule has 0 spiro atoms. The first kappa shape index (κ1) is 11.2. The first-order valence-electron chi connectivity index (χ1n) is 4.46. The molecule has 0 aliphatic rings. The molecule has 0 aliphatic carbocycles. The van der Waals surface area contributed by atoms with Crippen LogP contribution in [0.1, 0.15) is 40.0 Å². The number of aliphatic carboxylic acids is 1. The van der Waals surface area contributed by atoms with E-state index in [2.05, 4.69) is 6.58 Å². The van der Waals surface area contributed by atoms with Gasteiger partial charge in [0.2, 0.25) is 0 Å². The van der Waals surface area contributed by atoms with E-state index >= 15 is 0 Å². The third-order valence-corrected chi connectivity index (χ3v) is 2.93. The molecule has 0 radical (unpaired) electrons. The Morgan fingerprint density at radius 3 is 1.67 bits per heavy atom. The van der Waals surface area contributed by atoms with Crippen molar-refractivity contribution >= 4 is 5.97 Å². The van der Waals surface area contributed by atoms with E-state index in [9.17, 15) is 4.79 Å². The van der Waals surface area contributed by atoms with Gasteiger partial charge in [-0.3, -0.25) is 0 Å². The molecule has 0 atom stereocenters. The van der Waals surface area contributed by atoms with Crippen LogP contribution in [-0.2, 0) is 4.79 Å². The lowest BCUT2D eigenvalue weighted by Gasteiger charge is -2.30. The largest absolute Gasteiger partial charge is 0.478 e. The smallest absolute Gasteiger partial charge is 0.331 e. The molecule has 0 saturated carbocycles. The van der Waals surface area contributed by atoms with Crippen LogP contribution in [0.25, 0.3) is 0 Å². The molecule has 0 aromatic rings. The molecular weight excluding hydrogens is 152 g/mol. The molecule has 0 unspecified atom stereocenters. The fourth-order valence-corrected chi connectivity index (χ4v) is 1.62. The van der Waals surface area contributed by atoms with Crippen molar-refractivity contribution in [3.05, 3.63) is 12.2 Å². The van der Waals surface area contributed by atoms with Crippen LogP contribution < -0.4 is 0 Å². The Bertz CT molecular complexity index is 170. The monoisotopic (exact) mass is 170 g/mol. The van der Waals surface area contributed by atoms with Gasteiger partial charge < -0.3 is 5.11 Å². The molecular formula is C10H18O2. The first-order valence-corrected chi connectivity index (χ1v) is 4.46. The summed E-state index contributed by atoms with van der Waals surface area (Å²) in [6, 6.07) is 0. The van der Waals surface area contributed by atoms with Crippen molar-refractivity contribution in [3.63, 3.8) is 0 Å². The van der Waals surface area contributed by atoms with Gasteiger partial charge in [-0.25, -0.2) is 4.79 Å². The molecule has 2 nitrogen and oxygen atoms in total. The normalized spacial score (nSPS) is 11.2. The van der Waals surface area contributed by atoms with Gasteiger partial charge in [0.05, 0.1) is 0 Å². The summed E-state index contributed by atoms with van der Waals surface area (Å²) in [5, 5.41) is 8.81. The van der Waals surface area contributed by atoms with Gasteiger partial charge in [-0.2, -0.15) is 0 Å². The minimum atomic E-state index is -0.861. The van der Waals surface area contributed by atoms with Gasteiger partial charge in [0.15, 0.2) is 0 Å². The fraction of sp³-hybridized carbons (Fsp3) is 0.700. The molecule has 0 saturated heterocycles. The van der Waals surface area contributed by atoms with Crippen LogP contribution in [0.15, 0.2) is 12.2 Å². The maximum Gasteiger partial charge on any atom is 0.331 e. The van der Waals surface area contributed by atoms with Crippen LogP contribution in [0.5, 0.6) is 0 Å². The highest BCUT2D eigenvalue weighted by molar-refractivity contribution is 5.87. The third-order valence-electron chi connectivity index (χ3n) is 2.93. The van der Waals surface area contributed by atoms with Crippen LogP contribution in [0, 0.1) is 5.41 Å². The number of carboxylic acid groups (broad SMARTS) is 1. The predicted octanol–water partition coefficient (Wildman–Crippen LogP) is 2.84. The maximum atomic E-state index is 10.7. The molecule has 0 aromatic carbocycles. The average Bonchev–Trinajstić information content (AvgIpc) is 2.08. The summed E-state index contributed by atoms with van der Waals surface area (Å²) in [7, 11) is 0. The minimum absolute atomic E-state index is 0.189. The van der Waals surface area contributed by atoms with Crippen molar-refractivity contribution in [2.45, 2.75) is 40.0 Å². The molecule has 0 heterocycles. The van der Waals surface area contributed by atoms with Crippen molar-refractivity contribution in [2.24, 2.45) is 5.41 Å². The van der Waals surface area contributed by atoms with E-state index in [0.29, 0.717) is 5.57 Å². The van der Waals surface area contributed by atoms with Crippen LogP contribution in [0.4, 0.5) is 0 Å². The van der Waals surface area contributed by atoms with E-state index < -0.39 is 5.97 Å². The van der Waals surface area contributed by atoms with E-state index in [4.69, 9.17) is 5.11 Å². The van der Waals surface area contributed by atoms with Gasteiger partial charge in [0.25, 0.3) is 0 Å². The van der Waals surface area contributed by atoms with E-state index in [1.54, 1.807) is 0 Å². The molecule has 70 valence electrons. The zero-order valence-electron chi connectivity index (χ0n) is 8.18. The van der Waals surface area contributed by atoms with Crippen molar-refractivity contribution in [2.75, 3.05) is 0 Å². The standard InChI is InChI=1S/C10H18O2/c1-5-10(6-2,7-3)8(4)9(11)12/h4-7H2,1-3H3,(H,11,12). The third kappa shape index (κ3) is 1.87. The molecule has 0 bridgehead atoms. The fourth-order valence-electron chi connectivity index (χ4n) is 1.62. The van der Waals surface area contributed by atoms with Crippen molar-refractivity contribution in [1.82, 2.24) is 0 Å². The molecule has 0 aliphatic heterocycles. The van der Waals surface area contributed by atoms with Gasteiger partial charge in [-0.1, -0.05) is 27.4 Å². The summed E-state index contributed by atoms with van der Waals surface area (Å²) >= 11 is 0. The average molecular weight is 170 g/mol. The second-order valence-electron chi connectivity index (χ2n) is 3.12. The maximum absolute atomic E-state index is 10.7. The Morgan fingerprint density at radius 1 is 1.25 bits per heavy atom. The molecule has 1 N–H and O–H groups in total. The van der Waals surface area contributed by atoms with E-state index in [1.807, 2.05) is 20.8 Å². The van der Waals surface area contributed by atoms with Crippen LogP contribution in [0.3, 0.4) is 0 Å². The Labute approximate surface area is 74.3 Å². The van der Waals surface area contributed by atoms with E-state index in [-0.39, 0.29) is 5.41 Å². The van der Waals surface area contributed by atoms with Gasteiger partial charge in [-0.15, -0.1) is 0 Å². The highest BCUT2D eigenvalue weighted by Crippen LogP contribution is 2.37. The Hall–Kier alpha value is -0.790. The van der Waals surface area contributed by atoms with Crippen molar-refractivity contribution in [3.8, 4) is 0 Å². The molecule has 0 aromatic heterocycles. The minimum Gasteiger partial charge on any atom is -0.478 e. The summed E-state index contributed by atoms with van der Waals surface area (Å²) in [6.07, 6.45) is 2.56. The summed E-state index contributed by atoms with van der Waals surface area (Å²) in [5.41, 5.74) is 0.168. The summed E-state index contributed by atoms with van der Waals surface area (Å²) in [6.45, 7) is 9.68. The number of hydrogen-bond acceptors (Lipinski definition) is 1. The van der Waals surface area contributed by atoms with Crippen molar-refractivity contribution in [1.29, 1.82) is 0 Å². The van der Waals surface area contributed by atoms with Gasteiger partial charge in [0.1, 0.15) is 0 Å². The SMILES string of the molecule is C=C(C(=O)O)C(CC)(CC)CC. The number of carboxylic acids is 1. The second-order valence-corrected chi connectivity index (χ2v) is 3.12. The van der Waals surface area contributed by atoms with Crippen molar-refractivity contribution < 1.29 is 9.90 Å². The highest BCUT2D eigenvalue weighted by atomic mass is 16.4. The van der Waals surface area contributed by atoms with Crippen LogP contribution >= 0.6 is 0 Å². The summed E-state index contributed by atoms with van der Waals surface area (Å²) < 4.78 is 0. The van der Waals surface area contributed by atoms with Crippen LogP contribution in [0.2, 0.25) is 0 Å². The quantitative estimate of drug-likeness (QED) is 0.644. The first-order chi connectivity index (χ1) is 5.54. The number of rotatable bonds is 5. The lowest BCUT2D eigenvalue weighted by atomic mass is 9.74. The molecule has 0 fully saturated rings. The van der Waals surface area contributed by atoms with Gasteiger partial charge in [-0.05, 0) is 19.3 Å². The van der Waals surface area contributed by atoms with Crippen LogP contribution in [-0.4, -0.2) is 11.1 Å². The number of hydrogen-bond donors (Lipinski definition) is 1. The zero-order chi connectivity index (χ0) is 9.78. The van der Waals surface area contributed by atoms with E-state index in [0.717, 1.165) is 19.3 Å². The Kier molecular flexibility index (Phi) is 4.01. The Morgan fingerprint density at radius 2 is 1.58 bits per heavy atom. The molecule has 0 rings (SSSR count). The number of carbonyl (C=O) groups is 1. The van der Waals surface area contributed by atoms with E-state index in [1.165, 1.54) is 0 Å². The highest BCUT2D eigenvalue weighted by Gasteiger charge is 2.31. The summed E-state index contributed by atoms with van der Waals surface area (Å²) in [4.78, 5) is 10.7.